The number of carbonyl (C=O) groups excluding carboxylic acids is 1. The van der Waals surface area contributed by atoms with Gasteiger partial charge in [0.25, 0.3) is 5.91 Å². The molecule has 0 aliphatic carbocycles. The zero-order valence-corrected chi connectivity index (χ0v) is 11.5. The van der Waals surface area contributed by atoms with Crippen LogP contribution in [0.3, 0.4) is 0 Å². The molecular formula is C11H10BrF4NO2. The highest BCUT2D eigenvalue weighted by Crippen LogP contribution is 2.35. The molecule has 0 bridgehead atoms. The van der Waals surface area contributed by atoms with E-state index in [0.717, 1.165) is 5.56 Å². The Morgan fingerprint density at radius 3 is 2.32 bits per heavy atom. The molecule has 0 spiro atoms. The van der Waals surface area contributed by atoms with E-state index in [0.29, 0.717) is 11.6 Å². The van der Waals surface area contributed by atoms with E-state index < -0.39 is 17.9 Å². The fraction of sp³-hybridized carbons (Fsp3) is 0.364. The Morgan fingerprint density at radius 1 is 1.32 bits per heavy atom. The first-order chi connectivity index (χ1) is 8.61. The average molecular weight is 344 g/mol. The molecule has 3 nitrogen and oxygen atoms in total. The summed E-state index contributed by atoms with van der Waals surface area (Å²) in [4.78, 5) is 11.4. The summed E-state index contributed by atoms with van der Waals surface area (Å²) in [6.07, 6.45) is -5.46. The van der Waals surface area contributed by atoms with Crippen LogP contribution in [0.1, 0.15) is 5.56 Å². The van der Waals surface area contributed by atoms with Crippen LogP contribution in [-0.2, 0) is 9.53 Å². The van der Waals surface area contributed by atoms with Gasteiger partial charge in [-0.05, 0) is 24.6 Å². The van der Waals surface area contributed by atoms with E-state index >= 15 is 0 Å². The minimum atomic E-state index is -5.46. The van der Waals surface area contributed by atoms with Gasteiger partial charge in [-0.15, -0.1) is 0 Å². The molecule has 0 aromatic heterocycles. The number of hydrogen-bond acceptors (Lipinski definition) is 2. The number of halogens is 5. The predicted octanol–water partition coefficient (Wildman–Crippen LogP) is 3.57. The number of nitrogens with one attached hydrogen (secondary N) is 1. The first-order valence-corrected chi connectivity index (χ1v) is 5.79. The number of ether oxygens (including phenoxy) is 1. The van der Waals surface area contributed by atoms with Gasteiger partial charge in [0.05, 0.1) is 0 Å². The van der Waals surface area contributed by atoms with Crippen LogP contribution in [0.25, 0.3) is 0 Å². The Bertz CT molecular complexity index is 492. The number of aryl methyl sites for hydroxylation is 1. The number of anilines is 1. The van der Waals surface area contributed by atoms with E-state index in [4.69, 9.17) is 0 Å². The van der Waals surface area contributed by atoms with Crippen LogP contribution in [-0.4, -0.2) is 25.0 Å². The van der Waals surface area contributed by atoms with Gasteiger partial charge in [-0.3, -0.25) is 4.79 Å². The zero-order chi connectivity index (χ0) is 14.8. The molecule has 0 heterocycles. The molecule has 0 radical (unpaired) electrons. The van der Waals surface area contributed by atoms with Crippen molar-refractivity contribution in [3.63, 3.8) is 0 Å². The molecule has 0 saturated carbocycles. The Balaban J connectivity index is 2.98. The van der Waals surface area contributed by atoms with Crippen molar-refractivity contribution >= 4 is 27.5 Å². The van der Waals surface area contributed by atoms with Crippen LogP contribution in [0.5, 0.6) is 0 Å². The first kappa shape index (κ1) is 15.9. The van der Waals surface area contributed by atoms with Crippen molar-refractivity contribution in [2.24, 2.45) is 0 Å². The second-order valence-electron chi connectivity index (χ2n) is 3.72. The van der Waals surface area contributed by atoms with Crippen LogP contribution >= 0.6 is 15.9 Å². The van der Waals surface area contributed by atoms with Gasteiger partial charge in [-0.25, -0.2) is 0 Å². The summed E-state index contributed by atoms with van der Waals surface area (Å²) >= 11 is 3.14. The minimum absolute atomic E-state index is 0.0193. The Labute approximate surface area is 115 Å². The molecule has 1 aromatic rings. The number of carbonyl (C=O) groups is 1. The topological polar surface area (TPSA) is 38.3 Å². The van der Waals surface area contributed by atoms with Gasteiger partial charge in [0.1, 0.15) is 0 Å². The minimum Gasteiger partial charge on any atom is -0.335 e. The van der Waals surface area contributed by atoms with Crippen molar-refractivity contribution in [3.05, 3.63) is 28.2 Å². The van der Waals surface area contributed by atoms with E-state index in [-0.39, 0.29) is 5.69 Å². The van der Waals surface area contributed by atoms with E-state index in [2.05, 4.69) is 20.7 Å². The quantitative estimate of drug-likeness (QED) is 0.852. The molecule has 1 aromatic carbocycles. The molecule has 0 aliphatic heterocycles. The lowest BCUT2D eigenvalue weighted by Gasteiger charge is -2.24. The van der Waals surface area contributed by atoms with Crippen molar-refractivity contribution in [1.29, 1.82) is 0 Å². The van der Waals surface area contributed by atoms with E-state index in [1.165, 1.54) is 12.1 Å². The highest BCUT2D eigenvalue weighted by atomic mass is 79.9. The molecule has 1 rings (SSSR count). The Hall–Kier alpha value is -1.15. The van der Waals surface area contributed by atoms with Gasteiger partial charge in [-0.1, -0.05) is 22.0 Å². The van der Waals surface area contributed by atoms with E-state index in [1.807, 2.05) is 5.32 Å². The molecule has 0 saturated heterocycles. The Kier molecular flexibility index (Phi) is 4.57. The van der Waals surface area contributed by atoms with Gasteiger partial charge < -0.3 is 10.1 Å². The summed E-state index contributed by atoms with van der Waals surface area (Å²) in [5, 5.41) is 1.82. The van der Waals surface area contributed by atoms with Crippen LogP contribution in [0.2, 0.25) is 0 Å². The maximum atomic E-state index is 13.5. The highest BCUT2D eigenvalue weighted by Gasteiger charge is 2.63. The lowest BCUT2D eigenvalue weighted by molar-refractivity contribution is -0.305. The lowest BCUT2D eigenvalue weighted by Crippen LogP contribution is -2.52. The molecule has 106 valence electrons. The third-order valence-corrected chi connectivity index (χ3v) is 3.22. The van der Waals surface area contributed by atoms with Crippen molar-refractivity contribution in [2.45, 2.75) is 19.0 Å². The summed E-state index contributed by atoms with van der Waals surface area (Å²) in [6.45, 7) is 1.75. The van der Waals surface area contributed by atoms with Crippen LogP contribution in [0, 0.1) is 6.92 Å². The van der Waals surface area contributed by atoms with Gasteiger partial charge >= 0.3 is 12.0 Å². The fourth-order valence-corrected chi connectivity index (χ4v) is 1.60. The van der Waals surface area contributed by atoms with Crippen molar-refractivity contribution < 1.29 is 27.1 Å². The molecule has 1 amide bonds. The standard InChI is InChI=1S/C11H10BrF4NO2/c1-6-3-4-7(5-8(6)12)17-9(18)10(13,19-2)11(14,15)16/h3-5H,1-2H3,(H,17,18). The number of methoxy groups -OCH3 is 1. The molecule has 8 heteroatoms. The predicted molar refractivity (Wildman–Crippen MR) is 64.4 cm³/mol. The number of benzene rings is 1. The molecule has 1 atom stereocenters. The third-order valence-electron chi connectivity index (χ3n) is 2.37. The maximum Gasteiger partial charge on any atom is 0.458 e. The number of rotatable bonds is 3. The summed E-state index contributed by atoms with van der Waals surface area (Å²) in [5.74, 6) is -6.32. The smallest absolute Gasteiger partial charge is 0.335 e. The van der Waals surface area contributed by atoms with Crippen LogP contribution in [0.4, 0.5) is 23.2 Å². The van der Waals surface area contributed by atoms with Crippen molar-refractivity contribution in [2.75, 3.05) is 12.4 Å². The van der Waals surface area contributed by atoms with E-state index in [1.54, 1.807) is 13.0 Å². The normalized spacial score (nSPS) is 14.9. The summed E-state index contributed by atoms with van der Waals surface area (Å²) in [7, 11) is 0.470. The Morgan fingerprint density at radius 2 is 1.89 bits per heavy atom. The van der Waals surface area contributed by atoms with Crippen molar-refractivity contribution in [3.8, 4) is 0 Å². The summed E-state index contributed by atoms with van der Waals surface area (Å²) < 4.78 is 55.1. The second kappa shape index (κ2) is 5.46. The number of alkyl halides is 4. The highest BCUT2D eigenvalue weighted by molar-refractivity contribution is 9.10. The SMILES string of the molecule is COC(F)(C(=O)Nc1ccc(C)c(Br)c1)C(F)(F)F. The molecular weight excluding hydrogens is 334 g/mol. The van der Waals surface area contributed by atoms with Gasteiger partial charge in [0.2, 0.25) is 0 Å². The summed E-state index contributed by atoms with van der Waals surface area (Å²) in [6, 6.07) is 4.27. The fourth-order valence-electron chi connectivity index (χ4n) is 1.22. The van der Waals surface area contributed by atoms with Crippen LogP contribution < -0.4 is 5.32 Å². The molecule has 19 heavy (non-hydrogen) atoms. The zero-order valence-electron chi connectivity index (χ0n) is 9.94. The maximum absolute atomic E-state index is 13.5. The third kappa shape index (κ3) is 3.24. The first-order valence-electron chi connectivity index (χ1n) is 5.00. The largest absolute Gasteiger partial charge is 0.458 e. The molecule has 1 N–H and O–H groups in total. The number of amides is 1. The molecule has 1 unspecified atom stereocenters. The van der Waals surface area contributed by atoms with Crippen LogP contribution in [0.15, 0.2) is 22.7 Å². The molecule has 0 aliphatic rings. The van der Waals surface area contributed by atoms with Gasteiger partial charge in [0.15, 0.2) is 0 Å². The average Bonchev–Trinajstić information content (AvgIpc) is 2.31. The number of hydrogen-bond donors (Lipinski definition) is 1. The monoisotopic (exact) mass is 343 g/mol. The van der Waals surface area contributed by atoms with Crippen molar-refractivity contribution in [1.82, 2.24) is 0 Å². The van der Waals surface area contributed by atoms with Gasteiger partial charge in [0, 0.05) is 17.3 Å². The van der Waals surface area contributed by atoms with E-state index in [9.17, 15) is 22.4 Å². The lowest BCUT2D eigenvalue weighted by atomic mass is 10.2. The molecule has 0 fully saturated rings. The van der Waals surface area contributed by atoms with Gasteiger partial charge in [-0.2, -0.15) is 17.6 Å². The summed E-state index contributed by atoms with van der Waals surface area (Å²) in [5.41, 5.74) is 0.831. The second-order valence-corrected chi connectivity index (χ2v) is 4.57.